The van der Waals surface area contributed by atoms with Crippen LogP contribution < -0.4 is 5.32 Å². The Morgan fingerprint density at radius 3 is 2.76 bits per heavy atom. The summed E-state index contributed by atoms with van der Waals surface area (Å²) in [4.78, 5) is 6.48. The first kappa shape index (κ1) is 22.7. The number of nitrogens with one attached hydrogen (secondary N) is 1. The molecule has 0 radical (unpaired) electrons. The van der Waals surface area contributed by atoms with Crippen molar-refractivity contribution in [2.24, 2.45) is 4.99 Å². The number of hydrogen-bond donors (Lipinski definition) is 1. The Labute approximate surface area is 176 Å². The molecule has 1 aromatic carbocycles. The van der Waals surface area contributed by atoms with Crippen LogP contribution in [0.25, 0.3) is 0 Å². The minimum absolute atomic E-state index is 0. The van der Waals surface area contributed by atoms with Crippen LogP contribution in [0.5, 0.6) is 0 Å². The van der Waals surface area contributed by atoms with Gasteiger partial charge in [-0.2, -0.15) is 0 Å². The molecule has 1 N–H and O–H groups in total. The molecule has 0 bridgehead atoms. The molecule has 2 rings (SSSR count). The number of ether oxygens (including phenoxy) is 2. The quantitative estimate of drug-likeness (QED) is 0.255. The molecule has 0 amide bonds. The lowest BCUT2D eigenvalue weighted by molar-refractivity contribution is -0.0320. The third-order valence-corrected chi connectivity index (χ3v) is 4.84. The molecule has 0 spiro atoms. The van der Waals surface area contributed by atoms with Crippen LogP contribution in [0.2, 0.25) is 0 Å². The van der Waals surface area contributed by atoms with Gasteiger partial charge >= 0.3 is 0 Å². The summed E-state index contributed by atoms with van der Waals surface area (Å²) in [6, 6.07) is 8.26. The Kier molecular flexibility index (Phi) is 11.7. The van der Waals surface area contributed by atoms with Crippen LogP contribution in [0.15, 0.2) is 33.7 Å². The SMILES string of the molecule is CN=C(NCCCOC1CCOCC1)N(C)Cc1ccccc1Br.I. The standard InChI is InChI=1S/C18H28BrN3O2.HI/c1-20-18(22(2)14-15-6-3-4-7-17(15)19)21-10-5-11-24-16-8-12-23-13-9-16;/h3-4,6-7,16H,5,8-14H2,1-2H3,(H,20,21);1H. The first-order valence-electron chi connectivity index (χ1n) is 8.55. The summed E-state index contributed by atoms with van der Waals surface area (Å²) >= 11 is 3.59. The summed E-state index contributed by atoms with van der Waals surface area (Å²) in [6.07, 6.45) is 3.38. The van der Waals surface area contributed by atoms with Crippen molar-refractivity contribution in [2.45, 2.75) is 31.9 Å². The lowest BCUT2D eigenvalue weighted by atomic mass is 10.1. The molecule has 1 fully saturated rings. The molecule has 25 heavy (non-hydrogen) atoms. The van der Waals surface area contributed by atoms with E-state index in [2.05, 4.69) is 49.3 Å². The van der Waals surface area contributed by atoms with E-state index in [1.54, 1.807) is 0 Å². The van der Waals surface area contributed by atoms with Crippen molar-refractivity contribution in [3.63, 3.8) is 0 Å². The molecule has 0 unspecified atom stereocenters. The number of rotatable bonds is 7. The molecule has 0 atom stereocenters. The van der Waals surface area contributed by atoms with Crippen LogP contribution in [0.4, 0.5) is 0 Å². The zero-order valence-corrected chi connectivity index (χ0v) is 19.0. The first-order chi connectivity index (χ1) is 11.7. The second-order valence-corrected chi connectivity index (χ2v) is 6.81. The van der Waals surface area contributed by atoms with Crippen LogP contribution in [0.1, 0.15) is 24.8 Å². The van der Waals surface area contributed by atoms with E-state index in [0.717, 1.165) is 62.6 Å². The predicted octanol–water partition coefficient (Wildman–Crippen LogP) is 3.66. The summed E-state index contributed by atoms with van der Waals surface area (Å²) in [5.41, 5.74) is 1.24. The summed E-state index contributed by atoms with van der Waals surface area (Å²) in [6.45, 7) is 4.10. The normalized spacial score (nSPS) is 15.6. The maximum atomic E-state index is 5.89. The molecule has 5 nitrogen and oxygen atoms in total. The number of nitrogens with zero attached hydrogens (tertiary/aromatic N) is 2. The number of guanidine groups is 1. The molecular formula is C18H29BrIN3O2. The van der Waals surface area contributed by atoms with Gasteiger partial charge in [0.1, 0.15) is 0 Å². The summed E-state index contributed by atoms with van der Waals surface area (Å²) < 4.78 is 12.4. The Bertz CT molecular complexity index is 525. The monoisotopic (exact) mass is 525 g/mol. The van der Waals surface area contributed by atoms with Crippen molar-refractivity contribution in [2.75, 3.05) is 40.5 Å². The van der Waals surface area contributed by atoms with Gasteiger partial charge in [-0.3, -0.25) is 4.99 Å². The van der Waals surface area contributed by atoms with Crippen molar-refractivity contribution in [3.05, 3.63) is 34.3 Å². The molecule has 142 valence electrons. The lowest BCUT2D eigenvalue weighted by Crippen LogP contribution is -2.39. The molecule has 1 saturated heterocycles. The smallest absolute Gasteiger partial charge is 0.193 e. The molecule has 1 aliphatic rings. The first-order valence-corrected chi connectivity index (χ1v) is 9.34. The molecule has 0 saturated carbocycles. The summed E-state index contributed by atoms with van der Waals surface area (Å²) in [5, 5.41) is 3.40. The van der Waals surface area contributed by atoms with Crippen molar-refractivity contribution in [3.8, 4) is 0 Å². The fraction of sp³-hybridized carbons (Fsp3) is 0.611. The highest BCUT2D eigenvalue weighted by atomic mass is 127. The molecule has 1 heterocycles. The number of hydrogen-bond acceptors (Lipinski definition) is 3. The van der Waals surface area contributed by atoms with Gasteiger partial charge in [0, 0.05) is 51.5 Å². The number of benzene rings is 1. The van der Waals surface area contributed by atoms with Crippen molar-refractivity contribution < 1.29 is 9.47 Å². The fourth-order valence-electron chi connectivity index (χ4n) is 2.71. The zero-order valence-electron chi connectivity index (χ0n) is 15.0. The van der Waals surface area contributed by atoms with Gasteiger partial charge in [-0.05, 0) is 30.9 Å². The predicted molar refractivity (Wildman–Crippen MR) is 117 cm³/mol. The van der Waals surface area contributed by atoms with Crippen molar-refractivity contribution >= 4 is 45.9 Å². The van der Waals surface area contributed by atoms with Crippen LogP contribution >= 0.6 is 39.9 Å². The van der Waals surface area contributed by atoms with Crippen molar-refractivity contribution in [1.29, 1.82) is 0 Å². The number of aliphatic imine (C=N–C) groups is 1. The van der Waals surface area contributed by atoms with Gasteiger partial charge in [-0.15, -0.1) is 24.0 Å². The third-order valence-electron chi connectivity index (χ3n) is 4.06. The minimum atomic E-state index is 0. The topological polar surface area (TPSA) is 46.1 Å². The van der Waals surface area contributed by atoms with Crippen LogP contribution in [0, 0.1) is 0 Å². The van der Waals surface area contributed by atoms with Crippen LogP contribution in [-0.2, 0) is 16.0 Å². The van der Waals surface area contributed by atoms with E-state index in [1.807, 2.05) is 20.2 Å². The van der Waals surface area contributed by atoms with Gasteiger partial charge in [-0.25, -0.2) is 0 Å². The van der Waals surface area contributed by atoms with E-state index in [0.29, 0.717) is 6.10 Å². The van der Waals surface area contributed by atoms with E-state index in [1.165, 1.54) is 5.56 Å². The maximum Gasteiger partial charge on any atom is 0.193 e. The maximum absolute atomic E-state index is 5.89. The Hall–Kier alpha value is -0.380. The Morgan fingerprint density at radius 2 is 2.08 bits per heavy atom. The third kappa shape index (κ3) is 8.23. The fourth-order valence-corrected chi connectivity index (χ4v) is 3.12. The van der Waals surface area contributed by atoms with Crippen LogP contribution in [-0.4, -0.2) is 57.4 Å². The molecule has 7 heteroatoms. The number of halogens is 2. The minimum Gasteiger partial charge on any atom is -0.381 e. The molecule has 1 aromatic rings. The van der Waals surface area contributed by atoms with Gasteiger partial charge in [0.05, 0.1) is 6.10 Å². The van der Waals surface area contributed by atoms with Gasteiger partial charge in [0.25, 0.3) is 0 Å². The Balaban J connectivity index is 0.00000312. The van der Waals surface area contributed by atoms with Gasteiger partial charge < -0.3 is 19.7 Å². The Morgan fingerprint density at radius 1 is 1.36 bits per heavy atom. The molecular weight excluding hydrogens is 497 g/mol. The van der Waals surface area contributed by atoms with Crippen molar-refractivity contribution in [1.82, 2.24) is 10.2 Å². The van der Waals surface area contributed by atoms with Crippen LogP contribution in [0.3, 0.4) is 0 Å². The van der Waals surface area contributed by atoms with Gasteiger partial charge in [-0.1, -0.05) is 34.1 Å². The zero-order chi connectivity index (χ0) is 17.2. The van der Waals surface area contributed by atoms with E-state index >= 15 is 0 Å². The lowest BCUT2D eigenvalue weighted by Gasteiger charge is -2.24. The molecule has 0 aromatic heterocycles. The summed E-state index contributed by atoms with van der Waals surface area (Å²) in [5.74, 6) is 0.900. The highest BCUT2D eigenvalue weighted by Gasteiger charge is 2.13. The van der Waals surface area contributed by atoms with E-state index in [9.17, 15) is 0 Å². The average Bonchev–Trinajstić information content (AvgIpc) is 2.61. The molecule has 0 aliphatic carbocycles. The van der Waals surface area contributed by atoms with Gasteiger partial charge in [0.2, 0.25) is 0 Å². The summed E-state index contributed by atoms with van der Waals surface area (Å²) in [7, 11) is 3.87. The van der Waals surface area contributed by atoms with E-state index in [4.69, 9.17) is 9.47 Å². The average molecular weight is 526 g/mol. The van der Waals surface area contributed by atoms with E-state index in [-0.39, 0.29) is 24.0 Å². The second-order valence-electron chi connectivity index (χ2n) is 5.96. The van der Waals surface area contributed by atoms with Gasteiger partial charge in [0.15, 0.2) is 5.96 Å². The highest BCUT2D eigenvalue weighted by molar-refractivity contribution is 14.0. The highest BCUT2D eigenvalue weighted by Crippen LogP contribution is 2.17. The largest absolute Gasteiger partial charge is 0.381 e. The second kappa shape index (κ2) is 12.9. The molecule has 1 aliphatic heterocycles. The van der Waals surface area contributed by atoms with E-state index < -0.39 is 0 Å².